The number of ether oxygens (including phenoxy) is 2. The molecule has 0 bridgehead atoms. The molecule has 0 unspecified atom stereocenters. The van der Waals surface area contributed by atoms with E-state index in [1.165, 1.54) is 0 Å². The van der Waals surface area contributed by atoms with Gasteiger partial charge in [0.25, 0.3) is 5.91 Å². The van der Waals surface area contributed by atoms with Gasteiger partial charge in [0, 0.05) is 22.7 Å². The summed E-state index contributed by atoms with van der Waals surface area (Å²) in [5.41, 5.74) is 3.01. The van der Waals surface area contributed by atoms with Crippen molar-refractivity contribution in [1.82, 2.24) is 4.98 Å². The van der Waals surface area contributed by atoms with Gasteiger partial charge >= 0.3 is 0 Å². The number of benzene rings is 2. The van der Waals surface area contributed by atoms with Gasteiger partial charge in [0.15, 0.2) is 0 Å². The highest BCUT2D eigenvalue weighted by atomic mass is 16.5. The van der Waals surface area contributed by atoms with E-state index in [0.717, 1.165) is 16.6 Å². The molecule has 23 heavy (non-hydrogen) atoms. The van der Waals surface area contributed by atoms with Crippen molar-refractivity contribution in [3.63, 3.8) is 0 Å². The van der Waals surface area contributed by atoms with Gasteiger partial charge < -0.3 is 19.8 Å². The van der Waals surface area contributed by atoms with E-state index < -0.39 is 0 Å². The van der Waals surface area contributed by atoms with Gasteiger partial charge in [0.1, 0.15) is 11.5 Å². The summed E-state index contributed by atoms with van der Waals surface area (Å²) in [6.07, 6.45) is 0. The lowest BCUT2D eigenvalue weighted by atomic mass is 10.1. The summed E-state index contributed by atoms with van der Waals surface area (Å²) in [5.74, 6) is 1.04. The third-order valence-corrected chi connectivity index (χ3v) is 3.78. The number of hydrogen-bond donors (Lipinski definition) is 2. The molecule has 2 N–H and O–H groups in total. The van der Waals surface area contributed by atoms with E-state index in [1.807, 2.05) is 31.2 Å². The van der Waals surface area contributed by atoms with Crippen LogP contribution in [-0.2, 0) is 0 Å². The van der Waals surface area contributed by atoms with Crippen molar-refractivity contribution in [3.8, 4) is 11.5 Å². The molecular formula is C18H18N2O3. The monoisotopic (exact) mass is 310 g/mol. The van der Waals surface area contributed by atoms with Crippen LogP contribution in [0.1, 0.15) is 16.1 Å². The Morgan fingerprint density at radius 2 is 1.87 bits per heavy atom. The first-order chi connectivity index (χ1) is 11.1. The molecule has 0 fully saturated rings. The molecule has 1 aromatic heterocycles. The number of aromatic nitrogens is 1. The Hall–Kier alpha value is -2.95. The third kappa shape index (κ3) is 2.73. The molecule has 0 aliphatic rings. The number of para-hydroxylation sites is 1. The van der Waals surface area contributed by atoms with Gasteiger partial charge in [-0.25, -0.2) is 0 Å². The van der Waals surface area contributed by atoms with Gasteiger partial charge in [-0.3, -0.25) is 4.79 Å². The van der Waals surface area contributed by atoms with Crippen LogP contribution in [0.4, 0.5) is 5.69 Å². The minimum atomic E-state index is -0.177. The Morgan fingerprint density at radius 1 is 1.09 bits per heavy atom. The fourth-order valence-corrected chi connectivity index (χ4v) is 2.66. The highest BCUT2D eigenvalue weighted by Crippen LogP contribution is 2.30. The van der Waals surface area contributed by atoms with Crippen LogP contribution in [-0.4, -0.2) is 25.1 Å². The molecule has 0 saturated heterocycles. The van der Waals surface area contributed by atoms with Gasteiger partial charge in [-0.05, 0) is 25.1 Å². The first-order valence-corrected chi connectivity index (χ1v) is 7.24. The maximum atomic E-state index is 12.7. The molecular weight excluding hydrogens is 292 g/mol. The van der Waals surface area contributed by atoms with Crippen LogP contribution >= 0.6 is 0 Å². The minimum absolute atomic E-state index is 0.177. The Morgan fingerprint density at radius 3 is 2.61 bits per heavy atom. The number of nitrogens with one attached hydrogen (secondary N) is 2. The molecule has 0 aliphatic heterocycles. The first-order valence-electron chi connectivity index (χ1n) is 7.24. The van der Waals surface area contributed by atoms with Gasteiger partial charge in [0.2, 0.25) is 0 Å². The van der Waals surface area contributed by atoms with Crippen molar-refractivity contribution in [2.24, 2.45) is 0 Å². The molecule has 3 aromatic rings. The predicted molar refractivity (Wildman–Crippen MR) is 90.5 cm³/mol. The Bertz CT molecular complexity index is 868. The summed E-state index contributed by atoms with van der Waals surface area (Å²) in [4.78, 5) is 15.9. The fourth-order valence-electron chi connectivity index (χ4n) is 2.66. The lowest BCUT2D eigenvalue weighted by molar-refractivity contribution is 0.102. The number of methoxy groups -OCH3 is 2. The molecule has 0 atom stereocenters. The highest BCUT2D eigenvalue weighted by Gasteiger charge is 2.17. The number of anilines is 1. The standard InChI is InChI=1S/C18H18N2O3/c1-11-17(13-6-4-5-7-14(13)19-11)18(21)20-15-9-8-12(22-2)10-16(15)23-3/h4-10,19H,1-3H3,(H,20,21). The number of aromatic amines is 1. The summed E-state index contributed by atoms with van der Waals surface area (Å²) in [6, 6.07) is 13.0. The summed E-state index contributed by atoms with van der Waals surface area (Å²) < 4.78 is 10.5. The number of rotatable bonds is 4. The van der Waals surface area contributed by atoms with Crippen molar-refractivity contribution in [3.05, 3.63) is 53.7 Å². The summed E-state index contributed by atoms with van der Waals surface area (Å²) >= 11 is 0. The van der Waals surface area contributed by atoms with Crippen molar-refractivity contribution >= 4 is 22.5 Å². The van der Waals surface area contributed by atoms with Crippen molar-refractivity contribution in [2.75, 3.05) is 19.5 Å². The van der Waals surface area contributed by atoms with Crippen LogP contribution in [0, 0.1) is 6.92 Å². The molecule has 0 saturated carbocycles. The molecule has 0 spiro atoms. The number of carbonyl (C=O) groups excluding carboxylic acids is 1. The van der Waals surface area contributed by atoms with Crippen molar-refractivity contribution in [1.29, 1.82) is 0 Å². The van der Waals surface area contributed by atoms with Gasteiger partial charge in [-0.2, -0.15) is 0 Å². The molecule has 3 rings (SSSR count). The second-order valence-electron chi connectivity index (χ2n) is 5.19. The van der Waals surface area contributed by atoms with Crippen LogP contribution in [0.15, 0.2) is 42.5 Å². The van der Waals surface area contributed by atoms with Crippen LogP contribution in [0.3, 0.4) is 0 Å². The first kappa shape index (κ1) is 15.0. The van der Waals surface area contributed by atoms with Crippen molar-refractivity contribution in [2.45, 2.75) is 6.92 Å². The number of aryl methyl sites for hydroxylation is 1. The fraction of sp³-hybridized carbons (Fsp3) is 0.167. The Kier molecular flexibility index (Phi) is 3.93. The average Bonchev–Trinajstić information content (AvgIpc) is 2.90. The van der Waals surface area contributed by atoms with E-state index in [0.29, 0.717) is 22.7 Å². The number of carbonyl (C=O) groups is 1. The summed E-state index contributed by atoms with van der Waals surface area (Å²) in [6.45, 7) is 1.89. The lowest BCUT2D eigenvalue weighted by Crippen LogP contribution is -2.13. The number of H-pyrrole nitrogens is 1. The molecule has 2 aromatic carbocycles. The number of amides is 1. The van der Waals surface area contributed by atoms with Gasteiger partial charge in [-0.15, -0.1) is 0 Å². The van der Waals surface area contributed by atoms with E-state index in [2.05, 4.69) is 10.3 Å². The van der Waals surface area contributed by atoms with E-state index in [9.17, 15) is 4.79 Å². The smallest absolute Gasteiger partial charge is 0.258 e. The average molecular weight is 310 g/mol. The van der Waals surface area contributed by atoms with Crippen LogP contribution in [0.2, 0.25) is 0 Å². The Balaban J connectivity index is 1.97. The topological polar surface area (TPSA) is 63.3 Å². The normalized spacial score (nSPS) is 10.6. The molecule has 5 nitrogen and oxygen atoms in total. The SMILES string of the molecule is COc1ccc(NC(=O)c2c(C)[nH]c3ccccc23)c(OC)c1. The molecule has 1 amide bonds. The highest BCUT2D eigenvalue weighted by molar-refractivity contribution is 6.14. The molecule has 5 heteroatoms. The Labute approximate surface area is 134 Å². The molecule has 1 heterocycles. The summed E-state index contributed by atoms with van der Waals surface area (Å²) in [5, 5.41) is 3.81. The molecule has 118 valence electrons. The van der Waals surface area contributed by atoms with E-state index >= 15 is 0 Å². The van der Waals surface area contributed by atoms with Gasteiger partial charge in [-0.1, -0.05) is 18.2 Å². The minimum Gasteiger partial charge on any atom is -0.497 e. The van der Waals surface area contributed by atoms with Crippen LogP contribution in [0.5, 0.6) is 11.5 Å². The second-order valence-corrected chi connectivity index (χ2v) is 5.19. The number of fused-ring (bicyclic) bond motifs is 1. The quantitative estimate of drug-likeness (QED) is 0.771. The maximum absolute atomic E-state index is 12.7. The van der Waals surface area contributed by atoms with E-state index in [4.69, 9.17) is 9.47 Å². The summed E-state index contributed by atoms with van der Waals surface area (Å²) in [7, 11) is 3.14. The lowest BCUT2D eigenvalue weighted by Gasteiger charge is -2.11. The zero-order valence-corrected chi connectivity index (χ0v) is 13.3. The third-order valence-electron chi connectivity index (χ3n) is 3.78. The zero-order valence-electron chi connectivity index (χ0n) is 13.3. The zero-order chi connectivity index (χ0) is 16.4. The number of hydrogen-bond acceptors (Lipinski definition) is 3. The van der Waals surface area contributed by atoms with Gasteiger partial charge in [0.05, 0.1) is 25.5 Å². The van der Waals surface area contributed by atoms with Crippen molar-refractivity contribution < 1.29 is 14.3 Å². The molecule has 0 radical (unpaired) electrons. The largest absolute Gasteiger partial charge is 0.497 e. The van der Waals surface area contributed by atoms with E-state index in [-0.39, 0.29) is 5.91 Å². The van der Waals surface area contributed by atoms with Crippen LogP contribution < -0.4 is 14.8 Å². The second kappa shape index (κ2) is 6.04. The maximum Gasteiger partial charge on any atom is 0.258 e. The van der Waals surface area contributed by atoms with E-state index in [1.54, 1.807) is 32.4 Å². The molecule has 0 aliphatic carbocycles. The van der Waals surface area contributed by atoms with Crippen LogP contribution in [0.25, 0.3) is 10.9 Å². The predicted octanol–water partition coefficient (Wildman–Crippen LogP) is 3.75.